The van der Waals surface area contributed by atoms with Crippen LogP contribution in [0, 0.1) is 0 Å². The Labute approximate surface area is 161 Å². The molecule has 2 aliphatic rings. The topological polar surface area (TPSA) is 65.1 Å². The summed E-state index contributed by atoms with van der Waals surface area (Å²) in [5.41, 5.74) is 2.41. The van der Waals surface area contributed by atoms with Crippen LogP contribution in [0.2, 0.25) is 0 Å². The first-order chi connectivity index (χ1) is 13.3. The van der Waals surface area contributed by atoms with E-state index < -0.39 is 0 Å². The summed E-state index contributed by atoms with van der Waals surface area (Å²) < 4.78 is 0. The zero-order chi connectivity index (χ0) is 18.2. The number of aromatic nitrogens is 3. The lowest BCUT2D eigenvalue weighted by molar-refractivity contribution is 0.119. The molecule has 0 aromatic carbocycles. The van der Waals surface area contributed by atoms with Gasteiger partial charge in [-0.25, -0.2) is 4.98 Å². The predicted molar refractivity (Wildman–Crippen MR) is 107 cm³/mol. The number of hydrogen-bond donors (Lipinski definition) is 1. The molecule has 0 atom stereocenters. The molecule has 1 aliphatic heterocycles. The monoisotopic (exact) mass is 381 g/mol. The van der Waals surface area contributed by atoms with E-state index in [1.54, 1.807) is 11.3 Å². The average Bonchev–Trinajstić information content (AvgIpc) is 3.25. The van der Waals surface area contributed by atoms with E-state index in [4.69, 9.17) is 4.98 Å². The molecule has 3 aromatic rings. The number of thiophene rings is 1. The number of hydrogen-bond acceptors (Lipinski definition) is 6. The maximum atomic E-state index is 12.6. The van der Waals surface area contributed by atoms with Crippen LogP contribution in [-0.2, 0) is 25.9 Å². The SMILES string of the molecule is O=c1[nH]c(CN2CCN(Cc3ccccn3)CC2)nc2sc3c(c12)CCC3. The van der Waals surface area contributed by atoms with E-state index in [0.717, 1.165) is 67.3 Å². The number of fused-ring (bicyclic) bond motifs is 3. The highest BCUT2D eigenvalue weighted by Crippen LogP contribution is 2.34. The molecule has 3 aromatic heterocycles. The van der Waals surface area contributed by atoms with E-state index in [2.05, 4.69) is 25.8 Å². The highest BCUT2D eigenvalue weighted by molar-refractivity contribution is 7.18. The van der Waals surface area contributed by atoms with Gasteiger partial charge in [0.15, 0.2) is 0 Å². The maximum Gasteiger partial charge on any atom is 0.259 e. The molecule has 0 radical (unpaired) electrons. The van der Waals surface area contributed by atoms with Gasteiger partial charge >= 0.3 is 0 Å². The lowest BCUT2D eigenvalue weighted by atomic mass is 10.2. The molecule has 0 amide bonds. The summed E-state index contributed by atoms with van der Waals surface area (Å²) in [5, 5.41) is 0.844. The Bertz CT molecular complexity index is 1000. The van der Waals surface area contributed by atoms with Crippen LogP contribution < -0.4 is 5.56 Å². The Morgan fingerprint density at radius 3 is 2.67 bits per heavy atom. The third-order valence-corrected chi connectivity index (χ3v) is 6.76. The number of rotatable bonds is 4. The van der Waals surface area contributed by atoms with E-state index in [9.17, 15) is 4.79 Å². The summed E-state index contributed by atoms with van der Waals surface area (Å²) in [4.78, 5) is 31.9. The first-order valence-electron chi connectivity index (χ1n) is 9.64. The van der Waals surface area contributed by atoms with Gasteiger partial charge < -0.3 is 4.98 Å². The van der Waals surface area contributed by atoms with Gasteiger partial charge in [0.1, 0.15) is 10.7 Å². The summed E-state index contributed by atoms with van der Waals surface area (Å²) in [6.45, 7) is 5.60. The van der Waals surface area contributed by atoms with Gasteiger partial charge in [0.05, 0.1) is 17.6 Å². The number of H-pyrrole nitrogens is 1. The molecule has 0 spiro atoms. The van der Waals surface area contributed by atoms with Crippen molar-refractivity contribution in [1.29, 1.82) is 0 Å². The zero-order valence-corrected chi connectivity index (χ0v) is 16.1. The lowest BCUT2D eigenvalue weighted by Gasteiger charge is -2.34. The van der Waals surface area contributed by atoms with Crippen molar-refractivity contribution < 1.29 is 0 Å². The summed E-state index contributed by atoms with van der Waals surface area (Å²) in [5.74, 6) is 0.797. The number of pyridine rings is 1. The predicted octanol–water partition coefficient (Wildman–Crippen LogP) is 2.19. The van der Waals surface area contributed by atoms with Crippen molar-refractivity contribution in [2.24, 2.45) is 0 Å². The molecule has 7 heteroatoms. The Morgan fingerprint density at radius 1 is 1.07 bits per heavy atom. The quantitative estimate of drug-likeness (QED) is 0.750. The first-order valence-corrected chi connectivity index (χ1v) is 10.5. The van der Waals surface area contributed by atoms with Crippen LogP contribution in [-0.4, -0.2) is 50.9 Å². The van der Waals surface area contributed by atoms with E-state index in [0.29, 0.717) is 6.54 Å². The second-order valence-electron chi connectivity index (χ2n) is 7.42. The highest BCUT2D eigenvalue weighted by atomic mass is 32.1. The van der Waals surface area contributed by atoms with Crippen molar-refractivity contribution in [3.8, 4) is 0 Å². The minimum absolute atomic E-state index is 0.0446. The molecule has 0 unspecified atom stereocenters. The van der Waals surface area contributed by atoms with Crippen LogP contribution in [0.3, 0.4) is 0 Å². The normalized spacial score (nSPS) is 18.2. The molecule has 1 N–H and O–H groups in total. The van der Waals surface area contributed by atoms with Crippen molar-refractivity contribution in [3.05, 3.63) is 56.7 Å². The molecule has 1 saturated heterocycles. The van der Waals surface area contributed by atoms with Gasteiger partial charge in [-0.3, -0.25) is 19.6 Å². The van der Waals surface area contributed by atoms with Crippen molar-refractivity contribution >= 4 is 21.6 Å². The lowest BCUT2D eigenvalue weighted by Crippen LogP contribution is -2.45. The molecule has 4 heterocycles. The zero-order valence-electron chi connectivity index (χ0n) is 15.3. The van der Waals surface area contributed by atoms with Crippen LogP contribution in [0.25, 0.3) is 10.2 Å². The van der Waals surface area contributed by atoms with Crippen molar-refractivity contribution in [2.75, 3.05) is 26.2 Å². The van der Waals surface area contributed by atoms with E-state index in [-0.39, 0.29) is 5.56 Å². The Morgan fingerprint density at radius 2 is 1.89 bits per heavy atom. The summed E-state index contributed by atoms with van der Waals surface area (Å²) in [6.07, 6.45) is 5.15. The van der Waals surface area contributed by atoms with Crippen LogP contribution in [0.1, 0.15) is 28.4 Å². The molecule has 1 fully saturated rings. The third-order valence-electron chi connectivity index (χ3n) is 5.57. The molecule has 0 bridgehead atoms. The van der Waals surface area contributed by atoms with Gasteiger partial charge in [-0.1, -0.05) is 6.07 Å². The fourth-order valence-corrected chi connectivity index (χ4v) is 5.44. The molecule has 140 valence electrons. The average molecular weight is 382 g/mol. The summed E-state index contributed by atoms with van der Waals surface area (Å²) in [7, 11) is 0. The van der Waals surface area contributed by atoms with Crippen LogP contribution in [0.4, 0.5) is 0 Å². The molecule has 27 heavy (non-hydrogen) atoms. The first kappa shape index (κ1) is 17.0. The molecule has 6 nitrogen and oxygen atoms in total. The van der Waals surface area contributed by atoms with Crippen LogP contribution >= 0.6 is 11.3 Å². The van der Waals surface area contributed by atoms with Crippen molar-refractivity contribution in [2.45, 2.75) is 32.4 Å². The smallest absolute Gasteiger partial charge is 0.259 e. The number of nitrogens with one attached hydrogen (secondary N) is 1. The number of aromatic amines is 1. The van der Waals surface area contributed by atoms with Crippen LogP contribution in [0.5, 0.6) is 0 Å². The van der Waals surface area contributed by atoms with Gasteiger partial charge in [-0.2, -0.15) is 0 Å². The second-order valence-corrected chi connectivity index (χ2v) is 8.51. The van der Waals surface area contributed by atoms with E-state index >= 15 is 0 Å². The largest absolute Gasteiger partial charge is 0.309 e. The number of aryl methyl sites for hydroxylation is 2. The number of piperazine rings is 1. The fraction of sp³-hybridized carbons (Fsp3) is 0.450. The second kappa shape index (κ2) is 7.14. The van der Waals surface area contributed by atoms with Gasteiger partial charge in [0, 0.05) is 43.8 Å². The van der Waals surface area contributed by atoms with Gasteiger partial charge in [-0.05, 0) is 37.0 Å². The molecular weight excluding hydrogens is 358 g/mol. The van der Waals surface area contributed by atoms with Gasteiger partial charge in [0.2, 0.25) is 0 Å². The standard InChI is InChI=1S/C20H23N5OS/c26-19-18-15-5-3-6-16(15)27-20(18)23-17(22-19)13-25-10-8-24(9-11-25)12-14-4-1-2-7-21-14/h1-2,4,7H,3,5-6,8-13H2,(H,22,23,26). The molecular formula is C20H23N5OS. The fourth-order valence-electron chi connectivity index (χ4n) is 4.16. The highest BCUT2D eigenvalue weighted by Gasteiger charge is 2.22. The maximum absolute atomic E-state index is 12.6. The van der Waals surface area contributed by atoms with E-state index in [1.807, 2.05) is 18.3 Å². The minimum Gasteiger partial charge on any atom is -0.309 e. The molecule has 5 rings (SSSR count). The van der Waals surface area contributed by atoms with Gasteiger partial charge in [0.25, 0.3) is 5.56 Å². The molecule has 1 aliphatic carbocycles. The number of nitrogens with zero attached hydrogens (tertiary/aromatic N) is 4. The van der Waals surface area contributed by atoms with Crippen molar-refractivity contribution in [1.82, 2.24) is 24.8 Å². The summed E-state index contributed by atoms with van der Waals surface area (Å²) in [6, 6.07) is 6.07. The summed E-state index contributed by atoms with van der Waals surface area (Å²) >= 11 is 1.71. The molecule has 0 saturated carbocycles. The van der Waals surface area contributed by atoms with E-state index in [1.165, 1.54) is 16.9 Å². The Kier molecular flexibility index (Phi) is 4.51. The van der Waals surface area contributed by atoms with Crippen molar-refractivity contribution in [3.63, 3.8) is 0 Å². The minimum atomic E-state index is 0.0446. The third kappa shape index (κ3) is 3.42. The Balaban J connectivity index is 1.25. The van der Waals surface area contributed by atoms with Gasteiger partial charge in [-0.15, -0.1) is 11.3 Å². The Hall–Kier alpha value is -2.09. The van der Waals surface area contributed by atoms with Crippen LogP contribution in [0.15, 0.2) is 29.2 Å².